The van der Waals surface area contributed by atoms with E-state index in [4.69, 9.17) is 23.2 Å². The third kappa shape index (κ3) is 5.40. The zero-order valence-corrected chi connectivity index (χ0v) is 19.1. The summed E-state index contributed by atoms with van der Waals surface area (Å²) < 4.78 is 0. The zero-order chi connectivity index (χ0) is 22.3. The zero-order valence-electron chi connectivity index (χ0n) is 17.5. The Labute approximate surface area is 199 Å². The average Bonchev–Trinajstić information content (AvgIpc) is 2.82. The molecule has 0 atom stereocenters. The van der Waals surface area contributed by atoms with Crippen LogP contribution in [0.25, 0.3) is 11.1 Å². The van der Waals surface area contributed by atoms with E-state index in [1.807, 2.05) is 102 Å². The highest BCUT2D eigenvalue weighted by Gasteiger charge is 2.18. The molecule has 0 aliphatic carbocycles. The predicted molar refractivity (Wildman–Crippen MR) is 133 cm³/mol. The lowest BCUT2D eigenvalue weighted by Crippen LogP contribution is -2.31. The lowest BCUT2D eigenvalue weighted by atomic mass is 9.97. The molecule has 0 N–H and O–H groups in total. The van der Waals surface area contributed by atoms with E-state index < -0.39 is 0 Å². The highest BCUT2D eigenvalue weighted by molar-refractivity contribution is 6.43. The minimum atomic E-state index is 0.0586. The van der Waals surface area contributed by atoms with Crippen molar-refractivity contribution in [3.8, 4) is 11.1 Å². The second-order valence-electron chi connectivity index (χ2n) is 7.66. The lowest BCUT2D eigenvalue weighted by Gasteiger charge is -2.24. The molecule has 4 aromatic carbocycles. The van der Waals surface area contributed by atoms with Gasteiger partial charge in [0.2, 0.25) is 5.91 Å². The van der Waals surface area contributed by atoms with Gasteiger partial charge in [-0.1, -0.05) is 120 Å². The van der Waals surface area contributed by atoms with E-state index in [0.29, 0.717) is 23.1 Å². The number of carbonyl (C=O) groups is 1. The smallest absolute Gasteiger partial charge is 0.227 e. The van der Waals surface area contributed by atoms with Crippen LogP contribution in [0.1, 0.15) is 16.7 Å². The molecular formula is C28H23Cl2NO. The normalized spacial score (nSPS) is 10.7. The van der Waals surface area contributed by atoms with Crippen molar-refractivity contribution in [2.24, 2.45) is 0 Å². The molecule has 0 radical (unpaired) electrons. The SMILES string of the molecule is O=C(Cc1ccccc1-c1cccc(Cl)c1Cl)N(Cc1ccccc1)Cc1ccccc1. The summed E-state index contributed by atoms with van der Waals surface area (Å²) in [7, 11) is 0. The minimum absolute atomic E-state index is 0.0586. The minimum Gasteiger partial charge on any atom is -0.334 e. The second-order valence-corrected chi connectivity index (χ2v) is 8.44. The van der Waals surface area contributed by atoms with Crippen LogP contribution in [0.5, 0.6) is 0 Å². The number of hydrogen-bond donors (Lipinski definition) is 0. The van der Waals surface area contributed by atoms with Gasteiger partial charge >= 0.3 is 0 Å². The van der Waals surface area contributed by atoms with E-state index >= 15 is 0 Å². The van der Waals surface area contributed by atoms with Crippen molar-refractivity contribution in [3.63, 3.8) is 0 Å². The molecular weight excluding hydrogens is 437 g/mol. The number of halogens is 2. The van der Waals surface area contributed by atoms with Crippen molar-refractivity contribution in [1.29, 1.82) is 0 Å². The van der Waals surface area contributed by atoms with Gasteiger partial charge in [0.15, 0.2) is 0 Å². The second kappa shape index (κ2) is 10.5. The van der Waals surface area contributed by atoms with E-state index in [2.05, 4.69) is 0 Å². The monoisotopic (exact) mass is 459 g/mol. The summed E-state index contributed by atoms with van der Waals surface area (Å²) in [6.45, 7) is 1.10. The van der Waals surface area contributed by atoms with Gasteiger partial charge in [0.25, 0.3) is 0 Å². The molecule has 0 aromatic heterocycles. The molecule has 160 valence electrons. The van der Waals surface area contributed by atoms with Crippen LogP contribution >= 0.6 is 23.2 Å². The third-order valence-corrected chi connectivity index (χ3v) is 6.20. The Morgan fingerprint density at radius 2 is 1.16 bits per heavy atom. The standard InChI is InChI=1S/C28H23Cl2NO/c29-26-17-9-16-25(28(26)30)24-15-8-7-14-23(24)18-27(32)31(19-21-10-3-1-4-11-21)20-22-12-5-2-6-13-22/h1-17H,18-20H2. The molecule has 0 aliphatic heterocycles. The largest absolute Gasteiger partial charge is 0.334 e. The number of rotatable bonds is 7. The average molecular weight is 460 g/mol. The van der Waals surface area contributed by atoms with Gasteiger partial charge in [-0.05, 0) is 28.3 Å². The Morgan fingerprint density at radius 3 is 1.78 bits per heavy atom. The van der Waals surface area contributed by atoms with Crippen molar-refractivity contribution in [3.05, 3.63) is 130 Å². The number of carbonyl (C=O) groups excluding carboxylic acids is 1. The predicted octanol–water partition coefficient (Wildman–Crippen LogP) is 7.43. The summed E-state index contributed by atoms with van der Waals surface area (Å²) in [4.78, 5) is 15.4. The van der Waals surface area contributed by atoms with E-state index in [9.17, 15) is 4.79 Å². The first-order chi connectivity index (χ1) is 15.6. The van der Waals surface area contributed by atoms with Crippen LogP contribution in [0.15, 0.2) is 103 Å². The van der Waals surface area contributed by atoms with Gasteiger partial charge in [-0.2, -0.15) is 0 Å². The summed E-state index contributed by atoms with van der Waals surface area (Å²) in [6.07, 6.45) is 0.276. The van der Waals surface area contributed by atoms with Crippen LogP contribution in [-0.4, -0.2) is 10.8 Å². The first-order valence-corrected chi connectivity index (χ1v) is 11.3. The van der Waals surface area contributed by atoms with E-state index in [1.165, 1.54) is 0 Å². The molecule has 0 spiro atoms. The highest BCUT2D eigenvalue weighted by atomic mass is 35.5. The molecule has 0 fully saturated rings. The first kappa shape index (κ1) is 22.1. The van der Waals surface area contributed by atoms with Crippen molar-refractivity contribution in [1.82, 2.24) is 4.90 Å². The van der Waals surface area contributed by atoms with E-state index in [1.54, 1.807) is 6.07 Å². The highest BCUT2D eigenvalue weighted by Crippen LogP contribution is 2.35. The quantitative estimate of drug-likeness (QED) is 0.281. The van der Waals surface area contributed by atoms with Gasteiger partial charge in [-0.25, -0.2) is 0 Å². The molecule has 4 heteroatoms. The molecule has 0 aliphatic rings. The number of benzene rings is 4. The first-order valence-electron chi connectivity index (χ1n) is 10.5. The van der Waals surface area contributed by atoms with Gasteiger partial charge in [-0.3, -0.25) is 4.79 Å². The van der Waals surface area contributed by atoms with Gasteiger partial charge in [0.05, 0.1) is 16.5 Å². The van der Waals surface area contributed by atoms with Crippen LogP contribution in [0.2, 0.25) is 10.0 Å². The lowest BCUT2D eigenvalue weighted by molar-refractivity contribution is -0.131. The molecule has 32 heavy (non-hydrogen) atoms. The Morgan fingerprint density at radius 1 is 0.625 bits per heavy atom. The fraction of sp³-hybridized carbons (Fsp3) is 0.107. The van der Waals surface area contributed by atoms with Crippen molar-refractivity contribution < 1.29 is 4.79 Å². The fourth-order valence-electron chi connectivity index (χ4n) is 3.76. The van der Waals surface area contributed by atoms with Gasteiger partial charge < -0.3 is 4.90 Å². The van der Waals surface area contributed by atoms with Crippen LogP contribution in [0.4, 0.5) is 0 Å². The Hall–Kier alpha value is -3.07. The summed E-state index contributed by atoms with van der Waals surface area (Å²) in [6, 6.07) is 33.6. The Kier molecular flexibility index (Phi) is 7.26. The van der Waals surface area contributed by atoms with Crippen molar-refractivity contribution >= 4 is 29.1 Å². The van der Waals surface area contributed by atoms with Crippen molar-refractivity contribution in [2.75, 3.05) is 0 Å². The summed E-state index contributed by atoms with van der Waals surface area (Å²) in [5.41, 5.74) is 4.88. The molecule has 0 bridgehead atoms. The maximum Gasteiger partial charge on any atom is 0.227 e. The van der Waals surface area contributed by atoms with Gasteiger partial charge in [-0.15, -0.1) is 0 Å². The summed E-state index contributed by atoms with van der Waals surface area (Å²) >= 11 is 12.7. The van der Waals surface area contributed by atoms with Crippen molar-refractivity contribution in [2.45, 2.75) is 19.5 Å². The molecule has 4 rings (SSSR count). The number of hydrogen-bond acceptors (Lipinski definition) is 1. The Balaban J connectivity index is 1.63. The van der Waals surface area contributed by atoms with Crippen LogP contribution in [0.3, 0.4) is 0 Å². The van der Waals surface area contributed by atoms with Gasteiger partial charge in [0.1, 0.15) is 0 Å². The van der Waals surface area contributed by atoms with E-state index in [-0.39, 0.29) is 12.3 Å². The number of amides is 1. The molecule has 1 amide bonds. The molecule has 0 unspecified atom stereocenters. The molecule has 2 nitrogen and oxygen atoms in total. The van der Waals surface area contributed by atoms with Crippen LogP contribution in [0, 0.1) is 0 Å². The van der Waals surface area contributed by atoms with E-state index in [0.717, 1.165) is 27.8 Å². The number of nitrogens with zero attached hydrogens (tertiary/aromatic N) is 1. The third-order valence-electron chi connectivity index (χ3n) is 5.39. The summed E-state index contributed by atoms with van der Waals surface area (Å²) in [5.74, 6) is 0.0586. The summed E-state index contributed by atoms with van der Waals surface area (Å²) in [5, 5.41) is 1.000. The molecule has 0 saturated heterocycles. The Bertz CT molecular complexity index is 1150. The van der Waals surface area contributed by atoms with Crippen LogP contribution in [-0.2, 0) is 24.3 Å². The maximum absolute atomic E-state index is 13.5. The maximum atomic E-state index is 13.5. The topological polar surface area (TPSA) is 20.3 Å². The van der Waals surface area contributed by atoms with Gasteiger partial charge in [0, 0.05) is 18.7 Å². The molecule has 0 saturated carbocycles. The van der Waals surface area contributed by atoms with Crippen LogP contribution < -0.4 is 0 Å². The molecule has 0 heterocycles. The fourth-order valence-corrected chi connectivity index (χ4v) is 4.17. The molecule has 4 aromatic rings.